The second kappa shape index (κ2) is 5.91. The third kappa shape index (κ3) is 3.06. The van der Waals surface area contributed by atoms with Crippen LogP contribution in [0.4, 0.5) is 0 Å². The molecule has 0 saturated carbocycles. The monoisotopic (exact) mass is 270 g/mol. The van der Waals surface area contributed by atoms with E-state index in [4.69, 9.17) is 4.74 Å². The van der Waals surface area contributed by atoms with Crippen molar-refractivity contribution in [2.75, 3.05) is 12.4 Å². The fourth-order valence-electron chi connectivity index (χ4n) is 1.58. The summed E-state index contributed by atoms with van der Waals surface area (Å²) >= 11 is 3.16. The molecule has 0 fully saturated rings. The Hall–Kier alpha value is -0.830. The predicted molar refractivity (Wildman–Crippen MR) is 64.9 cm³/mol. The maximum atomic E-state index is 11.3. The molecule has 1 aromatic carbocycles. The van der Waals surface area contributed by atoms with Gasteiger partial charge >= 0.3 is 0 Å². The van der Waals surface area contributed by atoms with Crippen molar-refractivity contribution in [3.8, 4) is 5.75 Å². The number of rotatable bonds is 5. The number of methoxy groups -OCH3 is 1. The molecule has 0 saturated heterocycles. The Morgan fingerprint density at radius 1 is 1.40 bits per heavy atom. The zero-order valence-corrected chi connectivity index (χ0v) is 10.6. The molecule has 0 radical (unpaired) electrons. The topological polar surface area (TPSA) is 26.3 Å². The highest BCUT2D eigenvalue weighted by Gasteiger charge is 2.10. The lowest BCUT2D eigenvalue weighted by atomic mass is 10.0. The molecule has 1 aromatic rings. The number of benzene rings is 1. The summed E-state index contributed by atoms with van der Waals surface area (Å²) in [4.78, 5) is 11.3. The van der Waals surface area contributed by atoms with Crippen LogP contribution < -0.4 is 4.74 Å². The predicted octanol–water partition coefficient (Wildman–Crippen LogP) is 2.76. The molecule has 0 N–H and O–H groups in total. The smallest absolute Gasteiger partial charge is 0.147 e. The standard InChI is InChI=1S/C12H15BrO2/c1-3-9-5-4-6-10(12(9)15-2)7-11(14)8-13/h4-6H,3,7-8H2,1-2H3. The maximum absolute atomic E-state index is 11.3. The zero-order chi connectivity index (χ0) is 11.3. The van der Waals surface area contributed by atoms with E-state index in [9.17, 15) is 4.79 Å². The number of para-hydroxylation sites is 1. The molecule has 0 heterocycles. The molecule has 3 heteroatoms. The van der Waals surface area contributed by atoms with Gasteiger partial charge in [-0.3, -0.25) is 4.79 Å². The van der Waals surface area contributed by atoms with Gasteiger partial charge in [0.25, 0.3) is 0 Å². The van der Waals surface area contributed by atoms with E-state index in [1.165, 1.54) is 0 Å². The lowest BCUT2D eigenvalue weighted by Crippen LogP contribution is -2.06. The SMILES string of the molecule is CCc1cccc(CC(=O)CBr)c1OC. The van der Waals surface area contributed by atoms with E-state index < -0.39 is 0 Å². The zero-order valence-electron chi connectivity index (χ0n) is 9.05. The number of halogens is 1. The Morgan fingerprint density at radius 3 is 2.60 bits per heavy atom. The molecule has 2 nitrogen and oxygen atoms in total. The average Bonchev–Trinajstić information content (AvgIpc) is 2.28. The number of aryl methyl sites for hydroxylation is 1. The van der Waals surface area contributed by atoms with E-state index in [0.717, 1.165) is 23.3 Å². The van der Waals surface area contributed by atoms with E-state index in [0.29, 0.717) is 11.8 Å². The Balaban J connectivity index is 3.00. The third-order valence-electron chi connectivity index (χ3n) is 2.30. The van der Waals surface area contributed by atoms with E-state index in [1.807, 2.05) is 18.2 Å². The van der Waals surface area contributed by atoms with E-state index in [1.54, 1.807) is 7.11 Å². The molecule has 15 heavy (non-hydrogen) atoms. The molecule has 0 aromatic heterocycles. The highest BCUT2D eigenvalue weighted by atomic mass is 79.9. The van der Waals surface area contributed by atoms with Crippen LogP contribution in [0.3, 0.4) is 0 Å². The molecule has 0 spiro atoms. The number of carbonyl (C=O) groups is 1. The molecule has 0 aliphatic carbocycles. The molecule has 82 valence electrons. The summed E-state index contributed by atoms with van der Waals surface area (Å²) in [5, 5.41) is 0.395. The Labute approximate surface area is 98.8 Å². The minimum atomic E-state index is 0.168. The number of Topliss-reactive ketones (excluding diaryl/α,β-unsaturated/α-hetero) is 1. The van der Waals surface area contributed by atoms with Crippen molar-refractivity contribution in [3.05, 3.63) is 29.3 Å². The first kappa shape index (κ1) is 12.2. The molecule has 0 aliphatic rings. The average molecular weight is 271 g/mol. The molecule has 0 bridgehead atoms. The lowest BCUT2D eigenvalue weighted by Gasteiger charge is -2.11. The van der Waals surface area contributed by atoms with Gasteiger partial charge in [0.1, 0.15) is 11.5 Å². The van der Waals surface area contributed by atoms with Gasteiger partial charge in [-0.1, -0.05) is 41.1 Å². The van der Waals surface area contributed by atoms with E-state index in [-0.39, 0.29) is 5.78 Å². The lowest BCUT2D eigenvalue weighted by molar-refractivity contribution is -0.115. The van der Waals surface area contributed by atoms with Gasteiger partial charge in [0.05, 0.1) is 12.4 Å². The normalized spacial score (nSPS) is 10.1. The van der Waals surface area contributed by atoms with Gasteiger partial charge in [0, 0.05) is 12.0 Å². The van der Waals surface area contributed by atoms with Gasteiger partial charge in [-0.2, -0.15) is 0 Å². The molecular formula is C12H15BrO2. The number of hydrogen-bond acceptors (Lipinski definition) is 2. The molecule has 0 aliphatic heterocycles. The fraction of sp³-hybridized carbons (Fsp3) is 0.417. The minimum Gasteiger partial charge on any atom is -0.496 e. The molecular weight excluding hydrogens is 256 g/mol. The quantitative estimate of drug-likeness (QED) is 0.770. The van der Waals surface area contributed by atoms with Gasteiger partial charge < -0.3 is 4.74 Å². The van der Waals surface area contributed by atoms with Crippen LogP contribution in [0.25, 0.3) is 0 Å². The first-order chi connectivity index (χ1) is 7.22. The van der Waals surface area contributed by atoms with Gasteiger partial charge in [0.2, 0.25) is 0 Å². The minimum absolute atomic E-state index is 0.168. The first-order valence-corrected chi connectivity index (χ1v) is 6.07. The van der Waals surface area contributed by atoms with Crippen LogP contribution in [0, 0.1) is 0 Å². The van der Waals surface area contributed by atoms with Crippen molar-refractivity contribution >= 4 is 21.7 Å². The van der Waals surface area contributed by atoms with Crippen molar-refractivity contribution in [1.29, 1.82) is 0 Å². The van der Waals surface area contributed by atoms with Crippen molar-refractivity contribution < 1.29 is 9.53 Å². The van der Waals surface area contributed by atoms with Crippen LogP contribution >= 0.6 is 15.9 Å². The van der Waals surface area contributed by atoms with Crippen LogP contribution in [0.5, 0.6) is 5.75 Å². The summed E-state index contributed by atoms with van der Waals surface area (Å²) < 4.78 is 5.35. The summed E-state index contributed by atoms with van der Waals surface area (Å²) in [7, 11) is 1.65. The van der Waals surface area contributed by atoms with Crippen molar-refractivity contribution in [2.45, 2.75) is 19.8 Å². The Morgan fingerprint density at radius 2 is 2.07 bits per heavy atom. The summed E-state index contributed by atoms with van der Waals surface area (Å²) in [6.45, 7) is 2.08. The van der Waals surface area contributed by atoms with Crippen LogP contribution in [0.2, 0.25) is 0 Å². The summed E-state index contributed by atoms with van der Waals surface area (Å²) in [5.74, 6) is 1.02. The summed E-state index contributed by atoms with van der Waals surface area (Å²) in [6.07, 6.45) is 1.35. The van der Waals surface area contributed by atoms with Gasteiger partial charge in [-0.15, -0.1) is 0 Å². The van der Waals surface area contributed by atoms with Gasteiger partial charge in [-0.25, -0.2) is 0 Å². The van der Waals surface area contributed by atoms with Crippen molar-refractivity contribution in [1.82, 2.24) is 0 Å². The van der Waals surface area contributed by atoms with E-state index in [2.05, 4.69) is 22.9 Å². The highest BCUT2D eigenvalue weighted by molar-refractivity contribution is 9.09. The van der Waals surface area contributed by atoms with Gasteiger partial charge in [0.15, 0.2) is 0 Å². The number of ether oxygens (including phenoxy) is 1. The molecule has 1 rings (SSSR count). The first-order valence-electron chi connectivity index (χ1n) is 4.95. The summed E-state index contributed by atoms with van der Waals surface area (Å²) in [6, 6.07) is 5.94. The van der Waals surface area contributed by atoms with Crippen molar-refractivity contribution in [3.63, 3.8) is 0 Å². The van der Waals surface area contributed by atoms with Crippen LogP contribution in [-0.4, -0.2) is 18.2 Å². The van der Waals surface area contributed by atoms with Crippen LogP contribution in [0.1, 0.15) is 18.1 Å². The number of ketones is 1. The number of alkyl halides is 1. The van der Waals surface area contributed by atoms with Crippen LogP contribution in [-0.2, 0) is 17.6 Å². The second-order valence-corrected chi connectivity index (χ2v) is 3.87. The number of hydrogen-bond donors (Lipinski definition) is 0. The molecule has 0 amide bonds. The van der Waals surface area contributed by atoms with Crippen molar-refractivity contribution in [2.24, 2.45) is 0 Å². The largest absolute Gasteiger partial charge is 0.496 e. The Bertz CT molecular complexity index is 347. The van der Waals surface area contributed by atoms with E-state index >= 15 is 0 Å². The molecule has 0 atom stereocenters. The summed E-state index contributed by atoms with van der Waals surface area (Å²) in [5.41, 5.74) is 2.12. The highest BCUT2D eigenvalue weighted by Crippen LogP contribution is 2.24. The molecule has 0 unspecified atom stereocenters. The second-order valence-electron chi connectivity index (χ2n) is 3.31. The third-order valence-corrected chi connectivity index (χ3v) is 2.93. The van der Waals surface area contributed by atoms with Crippen LogP contribution in [0.15, 0.2) is 18.2 Å². The van der Waals surface area contributed by atoms with Gasteiger partial charge in [-0.05, 0) is 12.0 Å². The number of carbonyl (C=O) groups excluding carboxylic acids is 1. The Kier molecular flexibility index (Phi) is 4.82. The maximum Gasteiger partial charge on any atom is 0.147 e. The fourth-order valence-corrected chi connectivity index (χ4v) is 1.78.